The molecule has 0 saturated carbocycles. The second-order valence-corrected chi connectivity index (χ2v) is 6.74. The molecule has 4 rings (SSSR count). The summed E-state index contributed by atoms with van der Waals surface area (Å²) in [6.07, 6.45) is 5.83. The van der Waals surface area contributed by atoms with Crippen LogP contribution >= 0.6 is 0 Å². The molecule has 3 aliphatic heterocycles. The number of pyridine rings is 1. The molecule has 5 nitrogen and oxygen atoms in total. The average Bonchev–Trinajstić information content (AvgIpc) is 2.78. The Balaban J connectivity index is 1.66. The van der Waals surface area contributed by atoms with Crippen LogP contribution in [0.5, 0.6) is 0 Å². The van der Waals surface area contributed by atoms with Gasteiger partial charge >= 0.3 is 6.09 Å². The number of hydrogen-bond donors (Lipinski definition) is 0. The molecule has 5 heteroatoms. The molecular weight excluding hydrogens is 278 g/mol. The quantitative estimate of drug-likeness (QED) is 0.861. The molecule has 0 aliphatic carbocycles. The number of ether oxygens (including phenoxy) is 1. The van der Waals surface area contributed by atoms with Crippen LogP contribution in [0.3, 0.4) is 0 Å². The summed E-state index contributed by atoms with van der Waals surface area (Å²) in [6, 6.07) is 4.38. The van der Waals surface area contributed by atoms with Crippen LogP contribution in [0.1, 0.15) is 32.3 Å². The first-order chi connectivity index (χ1) is 10.6. The molecule has 3 fully saturated rings. The molecule has 2 bridgehead atoms. The second-order valence-electron chi connectivity index (χ2n) is 6.74. The fraction of sp³-hybridized carbons (Fsp3) is 0.647. The number of nitrogens with zero attached hydrogens (tertiary/aromatic N) is 3. The van der Waals surface area contributed by atoms with Crippen molar-refractivity contribution in [2.75, 3.05) is 19.6 Å². The maximum atomic E-state index is 12.3. The summed E-state index contributed by atoms with van der Waals surface area (Å²) in [5.41, 5.74) is 1.24. The number of rotatable bonds is 3. The Morgan fingerprint density at radius 2 is 2.23 bits per heavy atom. The van der Waals surface area contributed by atoms with Crippen LogP contribution in [0, 0.1) is 5.92 Å². The molecule has 3 aliphatic rings. The minimum absolute atomic E-state index is 0.0548. The highest BCUT2D eigenvalue weighted by atomic mass is 16.6. The highest BCUT2D eigenvalue weighted by molar-refractivity contribution is 5.68. The Morgan fingerprint density at radius 1 is 1.36 bits per heavy atom. The van der Waals surface area contributed by atoms with Crippen LogP contribution in [0.25, 0.3) is 0 Å². The van der Waals surface area contributed by atoms with E-state index in [1.54, 1.807) is 6.20 Å². The van der Waals surface area contributed by atoms with Gasteiger partial charge < -0.3 is 9.64 Å². The van der Waals surface area contributed by atoms with Gasteiger partial charge in [-0.2, -0.15) is 0 Å². The van der Waals surface area contributed by atoms with E-state index >= 15 is 0 Å². The molecule has 0 spiro atoms. The van der Waals surface area contributed by atoms with Crippen molar-refractivity contribution in [3.8, 4) is 0 Å². The highest BCUT2D eigenvalue weighted by Crippen LogP contribution is 2.29. The number of piperidine rings is 1. The molecule has 2 atom stereocenters. The molecule has 3 saturated heterocycles. The fourth-order valence-corrected chi connectivity index (χ4v) is 3.55. The van der Waals surface area contributed by atoms with Gasteiger partial charge in [-0.1, -0.05) is 6.07 Å². The van der Waals surface area contributed by atoms with E-state index < -0.39 is 0 Å². The summed E-state index contributed by atoms with van der Waals surface area (Å²) >= 11 is 0. The Bertz CT molecular complexity index is 506. The van der Waals surface area contributed by atoms with Crippen molar-refractivity contribution in [1.82, 2.24) is 14.8 Å². The molecule has 0 unspecified atom stereocenters. The SMILES string of the molecule is CC(C)OC(=O)N1C[C@@H]2CC[C@H]1CN(Cc1cccnc1)C2. The molecular formula is C17H25N3O2. The minimum Gasteiger partial charge on any atom is -0.447 e. The van der Waals surface area contributed by atoms with Gasteiger partial charge in [0.05, 0.1) is 6.10 Å². The van der Waals surface area contributed by atoms with Crippen LogP contribution in [0.2, 0.25) is 0 Å². The molecule has 22 heavy (non-hydrogen) atoms. The lowest BCUT2D eigenvalue weighted by atomic mass is 9.95. The molecule has 1 aromatic rings. The maximum Gasteiger partial charge on any atom is 0.410 e. The number of aromatic nitrogens is 1. The predicted octanol–water partition coefficient (Wildman–Crippen LogP) is 2.52. The second kappa shape index (κ2) is 6.65. The third kappa shape index (κ3) is 3.58. The molecule has 1 amide bonds. The van der Waals surface area contributed by atoms with Crippen molar-refractivity contribution in [3.63, 3.8) is 0 Å². The van der Waals surface area contributed by atoms with Crippen LogP contribution in [-0.2, 0) is 11.3 Å². The maximum absolute atomic E-state index is 12.3. The summed E-state index contributed by atoms with van der Waals surface area (Å²) < 4.78 is 5.41. The van der Waals surface area contributed by atoms with E-state index in [4.69, 9.17) is 4.74 Å². The highest BCUT2D eigenvalue weighted by Gasteiger charge is 2.38. The average molecular weight is 303 g/mol. The zero-order chi connectivity index (χ0) is 15.5. The third-order valence-corrected chi connectivity index (χ3v) is 4.49. The van der Waals surface area contributed by atoms with E-state index in [0.717, 1.165) is 32.6 Å². The van der Waals surface area contributed by atoms with Gasteiger partial charge in [-0.25, -0.2) is 4.79 Å². The van der Waals surface area contributed by atoms with Crippen molar-refractivity contribution in [3.05, 3.63) is 30.1 Å². The normalized spacial score (nSPS) is 25.3. The smallest absolute Gasteiger partial charge is 0.410 e. The summed E-state index contributed by atoms with van der Waals surface area (Å²) in [4.78, 5) is 20.9. The lowest BCUT2D eigenvalue weighted by Crippen LogP contribution is -2.48. The molecule has 4 heterocycles. The van der Waals surface area contributed by atoms with Gasteiger partial charge in [0.15, 0.2) is 0 Å². The van der Waals surface area contributed by atoms with Gasteiger partial charge in [-0.05, 0) is 44.2 Å². The largest absolute Gasteiger partial charge is 0.447 e. The number of hydrogen-bond acceptors (Lipinski definition) is 4. The van der Waals surface area contributed by atoms with Crippen LogP contribution in [-0.4, -0.2) is 52.7 Å². The van der Waals surface area contributed by atoms with Gasteiger partial charge in [0.2, 0.25) is 0 Å². The summed E-state index contributed by atoms with van der Waals surface area (Å²) in [5, 5.41) is 0. The number of carbonyl (C=O) groups excluding carboxylic acids is 1. The van der Waals surface area contributed by atoms with E-state index in [-0.39, 0.29) is 18.2 Å². The van der Waals surface area contributed by atoms with Crippen molar-refractivity contribution in [2.24, 2.45) is 5.92 Å². The van der Waals surface area contributed by atoms with Gasteiger partial charge in [-0.15, -0.1) is 0 Å². The Kier molecular flexibility index (Phi) is 4.62. The molecule has 0 radical (unpaired) electrons. The number of carbonyl (C=O) groups is 1. The molecule has 0 N–H and O–H groups in total. The van der Waals surface area contributed by atoms with E-state index in [1.165, 1.54) is 12.0 Å². The van der Waals surface area contributed by atoms with E-state index in [1.807, 2.05) is 31.0 Å². The van der Waals surface area contributed by atoms with Gasteiger partial charge in [0.1, 0.15) is 0 Å². The summed E-state index contributed by atoms with van der Waals surface area (Å²) in [6.45, 7) is 7.54. The predicted molar refractivity (Wildman–Crippen MR) is 84.3 cm³/mol. The first-order valence-corrected chi connectivity index (χ1v) is 8.20. The van der Waals surface area contributed by atoms with Gasteiger partial charge in [0, 0.05) is 44.6 Å². The van der Waals surface area contributed by atoms with Crippen LogP contribution < -0.4 is 0 Å². The number of amides is 1. The monoisotopic (exact) mass is 303 g/mol. The Morgan fingerprint density at radius 3 is 2.95 bits per heavy atom. The standard InChI is InChI=1S/C17H25N3O2/c1-13(2)22-17(21)20-11-15-5-6-16(20)12-19(10-15)9-14-4-3-7-18-8-14/h3-4,7-8,13,15-16H,5-6,9-12H2,1-2H3/t15-,16+/m1/s1. The Hall–Kier alpha value is -1.62. The topological polar surface area (TPSA) is 45.7 Å². The number of fused-ring (bicyclic) bond motifs is 4. The first-order valence-electron chi connectivity index (χ1n) is 8.20. The fourth-order valence-electron chi connectivity index (χ4n) is 3.55. The molecule has 0 aromatic carbocycles. The summed E-state index contributed by atoms with van der Waals surface area (Å²) in [5.74, 6) is 0.551. The molecule has 1 aromatic heterocycles. The van der Waals surface area contributed by atoms with Crippen molar-refractivity contribution >= 4 is 6.09 Å². The zero-order valence-corrected chi connectivity index (χ0v) is 13.4. The van der Waals surface area contributed by atoms with Gasteiger partial charge in [-0.3, -0.25) is 9.88 Å². The van der Waals surface area contributed by atoms with Crippen molar-refractivity contribution in [1.29, 1.82) is 0 Å². The zero-order valence-electron chi connectivity index (χ0n) is 13.4. The minimum atomic E-state index is -0.145. The van der Waals surface area contributed by atoms with Crippen LogP contribution in [0.4, 0.5) is 4.79 Å². The third-order valence-electron chi connectivity index (χ3n) is 4.49. The van der Waals surface area contributed by atoms with E-state index in [2.05, 4.69) is 16.0 Å². The van der Waals surface area contributed by atoms with Gasteiger partial charge in [0.25, 0.3) is 0 Å². The lowest BCUT2D eigenvalue weighted by Gasteiger charge is -2.35. The van der Waals surface area contributed by atoms with Crippen LogP contribution in [0.15, 0.2) is 24.5 Å². The van der Waals surface area contributed by atoms with Crippen molar-refractivity contribution in [2.45, 2.75) is 45.4 Å². The van der Waals surface area contributed by atoms with E-state index in [0.29, 0.717) is 5.92 Å². The van der Waals surface area contributed by atoms with Crippen molar-refractivity contribution < 1.29 is 9.53 Å². The first kappa shape index (κ1) is 15.3. The van der Waals surface area contributed by atoms with E-state index in [9.17, 15) is 4.79 Å². The Labute approximate surface area is 132 Å². The molecule has 120 valence electrons. The lowest BCUT2D eigenvalue weighted by molar-refractivity contribution is 0.0487. The summed E-state index contributed by atoms with van der Waals surface area (Å²) in [7, 11) is 0.